The van der Waals surface area contributed by atoms with Crippen LogP contribution in [0.25, 0.3) is 0 Å². The average Bonchev–Trinajstić information content (AvgIpc) is 3.41. The monoisotopic (exact) mass is 407 g/mol. The summed E-state index contributed by atoms with van der Waals surface area (Å²) >= 11 is 0. The first-order valence-corrected chi connectivity index (χ1v) is 8.90. The topological polar surface area (TPSA) is 115 Å². The molecule has 1 unspecified atom stereocenters. The number of furan rings is 1. The van der Waals surface area contributed by atoms with Crippen LogP contribution in [-0.4, -0.2) is 41.0 Å². The summed E-state index contributed by atoms with van der Waals surface area (Å²) in [6.45, 7) is 0. The molecule has 4 rings (SSSR count). The van der Waals surface area contributed by atoms with Gasteiger partial charge in [-0.2, -0.15) is 0 Å². The number of hydrogen-bond acceptors (Lipinski definition) is 8. The van der Waals surface area contributed by atoms with Crippen LogP contribution in [0.1, 0.15) is 22.2 Å². The lowest BCUT2D eigenvalue weighted by Gasteiger charge is -2.25. The van der Waals surface area contributed by atoms with Crippen molar-refractivity contribution in [2.75, 3.05) is 19.1 Å². The van der Waals surface area contributed by atoms with Gasteiger partial charge in [0, 0.05) is 12.4 Å². The number of Topliss-reactive ketones (excluding diaryl/α,β-unsaturated/α-hetero) is 1. The number of rotatable bonds is 6. The number of benzene rings is 1. The molecule has 0 bridgehead atoms. The third kappa shape index (κ3) is 3.06. The van der Waals surface area contributed by atoms with Gasteiger partial charge in [-0.15, -0.1) is 0 Å². The van der Waals surface area contributed by atoms with Crippen molar-refractivity contribution in [3.8, 4) is 11.5 Å². The number of anilines is 1. The number of methoxy groups -OCH3 is 2. The fourth-order valence-corrected chi connectivity index (χ4v) is 3.34. The van der Waals surface area contributed by atoms with Crippen molar-refractivity contribution < 1.29 is 28.6 Å². The van der Waals surface area contributed by atoms with Crippen molar-refractivity contribution in [3.05, 3.63) is 77.7 Å². The summed E-state index contributed by atoms with van der Waals surface area (Å²) < 4.78 is 15.8. The summed E-state index contributed by atoms with van der Waals surface area (Å²) in [7, 11) is 2.97. The number of nitrogens with zero attached hydrogens (tertiary/aromatic N) is 3. The molecule has 1 N–H and O–H groups in total. The molecule has 1 aliphatic rings. The number of ketones is 1. The lowest BCUT2D eigenvalue weighted by Crippen LogP contribution is -2.32. The van der Waals surface area contributed by atoms with Crippen LogP contribution in [0, 0.1) is 0 Å². The number of hydrogen-bond donors (Lipinski definition) is 1. The van der Waals surface area contributed by atoms with Crippen molar-refractivity contribution in [2.24, 2.45) is 0 Å². The van der Waals surface area contributed by atoms with Gasteiger partial charge in [-0.1, -0.05) is 6.07 Å². The molecule has 152 valence electrons. The van der Waals surface area contributed by atoms with Gasteiger partial charge in [0.25, 0.3) is 5.91 Å². The summed E-state index contributed by atoms with van der Waals surface area (Å²) in [4.78, 5) is 35.5. The Bertz CT molecular complexity index is 1120. The van der Waals surface area contributed by atoms with Crippen LogP contribution in [0.15, 0.2) is 70.8 Å². The van der Waals surface area contributed by atoms with E-state index in [1.807, 2.05) is 0 Å². The number of aliphatic hydroxyl groups is 1. The highest BCUT2D eigenvalue weighted by Crippen LogP contribution is 2.42. The van der Waals surface area contributed by atoms with Crippen molar-refractivity contribution in [1.82, 2.24) is 9.97 Å². The Balaban J connectivity index is 1.90. The minimum absolute atomic E-state index is 0.00865. The first-order valence-electron chi connectivity index (χ1n) is 8.90. The summed E-state index contributed by atoms with van der Waals surface area (Å²) in [5.74, 6) is -1.21. The van der Waals surface area contributed by atoms with E-state index in [1.165, 1.54) is 38.9 Å². The standard InChI is InChI=1S/C21H17N3O6/c1-28-13-7-6-12(11-15(13)29-2)17-16(18(25)14-5-3-10-30-14)19(26)20(27)24(17)21-22-8-4-9-23-21/h3-11,17,26H,1-2H3. The van der Waals surface area contributed by atoms with Gasteiger partial charge in [0.05, 0.1) is 32.1 Å². The fraction of sp³-hybridized carbons (Fsp3) is 0.143. The van der Waals surface area contributed by atoms with E-state index in [0.717, 1.165) is 4.90 Å². The zero-order chi connectivity index (χ0) is 21.3. The molecule has 9 heteroatoms. The maximum atomic E-state index is 13.1. The van der Waals surface area contributed by atoms with Crippen LogP contribution in [0.4, 0.5) is 5.95 Å². The average molecular weight is 407 g/mol. The lowest BCUT2D eigenvalue weighted by molar-refractivity contribution is -0.117. The fourth-order valence-electron chi connectivity index (χ4n) is 3.34. The maximum absolute atomic E-state index is 13.1. The Morgan fingerprint density at radius 3 is 2.47 bits per heavy atom. The molecule has 1 atom stereocenters. The zero-order valence-electron chi connectivity index (χ0n) is 16.1. The van der Waals surface area contributed by atoms with Crippen LogP contribution in [-0.2, 0) is 4.79 Å². The largest absolute Gasteiger partial charge is 0.503 e. The minimum Gasteiger partial charge on any atom is -0.503 e. The SMILES string of the molecule is COc1ccc(C2C(C(=O)c3ccco3)=C(O)C(=O)N2c2ncccn2)cc1OC. The molecule has 30 heavy (non-hydrogen) atoms. The van der Waals surface area contributed by atoms with Crippen LogP contribution in [0.3, 0.4) is 0 Å². The van der Waals surface area contributed by atoms with Crippen molar-refractivity contribution in [3.63, 3.8) is 0 Å². The number of carbonyl (C=O) groups is 2. The van der Waals surface area contributed by atoms with Crippen LogP contribution in [0.2, 0.25) is 0 Å². The predicted molar refractivity (Wildman–Crippen MR) is 104 cm³/mol. The van der Waals surface area contributed by atoms with Gasteiger partial charge in [-0.3, -0.25) is 14.5 Å². The van der Waals surface area contributed by atoms with Crippen LogP contribution >= 0.6 is 0 Å². The summed E-state index contributed by atoms with van der Waals surface area (Å²) in [6, 6.07) is 8.54. The highest BCUT2D eigenvalue weighted by molar-refractivity contribution is 6.19. The molecule has 0 saturated carbocycles. The highest BCUT2D eigenvalue weighted by atomic mass is 16.5. The zero-order valence-corrected chi connectivity index (χ0v) is 16.1. The van der Waals surface area contributed by atoms with Crippen molar-refractivity contribution in [2.45, 2.75) is 6.04 Å². The summed E-state index contributed by atoms with van der Waals surface area (Å²) in [6.07, 6.45) is 4.26. The molecule has 3 aromatic rings. The first kappa shape index (κ1) is 19.2. The Labute approximate surface area is 171 Å². The Hall–Kier alpha value is -4.14. The second-order valence-electron chi connectivity index (χ2n) is 6.31. The second-order valence-corrected chi connectivity index (χ2v) is 6.31. The minimum atomic E-state index is -1.00. The number of ether oxygens (including phenoxy) is 2. The van der Waals surface area contributed by atoms with E-state index in [2.05, 4.69) is 9.97 Å². The van der Waals surface area contributed by atoms with Gasteiger partial charge in [0.2, 0.25) is 11.7 Å². The Morgan fingerprint density at radius 1 is 1.10 bits per heavy atom. The van der Waals surface area contributed by atoms with Crippen molar-refractivity contribution >= 4 is 17.6 Å². The van der Waals surface area contributed by atoms with E-state index >= 15 is 0 Å². The molecule has 0 saturated heterocycles. The van der Waals surface area contributed by atoms with Gasteiger partial charge >= 0.3 is 0 Å². The normalized spacial score (nSPS) is 16.1. The third-order valence-corrected chi connectivity index (χ3v) is 4.69. The first-order chi connectivity index (χ1) is 14.6. The van der Waals surface area contributed by atoms with Gasteiger partial charge in [-0.25, -0.2) is 9.97 Å². The van der Waals surface area contributed by atoms with E-state index in [0.29, 0.717) is 17.1 Å². The lowest BCUT2D eigenvalue weighted by atomic mass is 9.95. The molecule has 0 fully saturated rings. The molecule has 0 aliphatic carbocycles. The van der Waals surface area contributed by atoms with Gasteiger partial charge in [-0.05, 0) is 35.9 Å². The van der Waals surface area contributed by atoms with E-state index in [4.69, 9.17) is 13.9 Å². The quantitative estimate of drug-likeness (QED) is 0.620. The second kappa shape index (κ2) is 7.70. The summed E-state index contributed by atoms with van der Waals surface area (Å²) in [5.41, 5.74) is 0.349. The Kier molecular flexibility index (Phi) is 4.93. The molecule has 2 aromatic heterocycles. The van der Waals surface area contributed by atoms with Crippen LogP contribution in [0.5, 0.6) is 11.5 Å². The van der Waals surface area contributed by atoms with Gasteiger partial charge < -0.3 is 19.0 Å². The van der Waals surface area contributed by atoms with E-state index in [1.54, 1.807) is 30.3 Å². The molecule has 0 spiro atoms. The van der Waals surface area contributed by atoms with Crippen molar-refractivity contribution in [1.29, 1.82) is 0 Å². The molecule has 1 amide bonds. The van der Waals surface area contributed by atoms with Crippen LogP contribution < -0.4 is 14.4 Å². The molecule has 1 aromatic carbocycles. The molecule has 0 radical (unpaired) electrons. The smallest absolute Gasteiger partial charge is 0.296 e. The van der Waals surface area contributed by atoms with E-state index in [-0.39, 0.29) is 17.3 Å². The number of aliphatic hydroxyl groups excluding tert-OH is 1. The van der Waals surface area contributed by atoms with E-state index < -0.39 is 23.5 Å². The van der Waals surface area contributed by atoms with Gasteiger partial charge in [0.15, 0.2) is 23.0 Å². The predicted octanol–water partition coefficient (Wildman–Crippen LogP) is 2.87. The molecule has 9 nitrogen and oxygen atoms in total. The number of amides is 1. The molecular weight excluding hydrogens is 390 g/mol. The molecular formula is C21H17N3O6. The number of aromatic nitrogens is 2. The molecule has 3 heterocycles. The highest BCUT2D eigenvalue weighted by Gasteiger charge is 2.46. The maximum Gasteiger partial charge on any atom is 0.296 e. The molecule has 1 aliphatic heterocycles. The van der Waals surface area contributed by atoms with Gasteiger partial charge in [0.1, 0.15) is 0 Å². The van der Waals surface area contributed by atoms with E-state index in [9.17, 15) is 14.7 Å². The third-order valence-electron chi connectivity index (χ3n) is 4.69. The Morgan fingerprint density at radius 2 is 1.83 bits per heavy atom. The number of carbonyl (C=O) groups excluding carboxylic acids is 2. The summed E-state index contributed by atoms with van der Waals surface area (Å²) in [5, 5.41) is 10.6.